The number of aromatic amines is 2. The van der Waals surface area contributed by atoms with Crippen LogP contribution >= 0.6 is 23.2 Å². The summed E-state index contributed by atoms with van der Waals surface area (Å²) in [6.45, 7) is 5.64. The lowest BCUT2D eigenvalue weighted by Gasteiger charge is -2.10. The number of ketones is 2. The van der Waals surface area contributed by atoms with E-state index in [0.29, 0.717) is 27.9 Å². The molecule has 2 aromatic carbocycles. The van der Waals surface area contributed by atoms with Gasteiger partial charge in [0.25, 0.3) is 0 Å². The largest absolute Gasteiger partial charge is 0.352 e. The Morgan fingerprint density at radius 3 is 2.30 bits per heavy atom. The summed E-state index contributed by atoms with van der Waals surface area (Å²) in [5.74, 6) is -0.257. The fourth-order valence-electron chi connectivity index (χ4n) is 3.76. The quantitative estimate of drug-likeness (QED) is 0.321. The van der Waals surface area contributed by atoms with Gasteiger partial charge in [0.05, 0.1) is 21.9 Å². The smallest absolute Gasteiger partial charge is 0.182 e. The topological polar surface area (TPSA) is 65.7 Å². The summed E-state index contributed by atoms with van der Waals surface area (Å²) < 4.78 is 0. The Bertz CT molecular complexity index is 1280. The molecule has 6 heteroatoms. The van der Waals surface area contributed by atoms with Crippen molar-refractivity contribution in [2.45, 2.75) is 27.2 Å². The molecular weight excluding hydrogens is 419 g/mol. The van der Waals surface area contributed by atoms with Crippen molar-refractivity contribution in [1.29, 1.82) is 0 Å². The number of H-pyrrole nitrogens is 2. The molecule has 4 rings (SSSR count). The number of benzene rings is 2. The zero-order valence-corrected chi connectivity index (χ0v) is 18.5. The lowest BCUT2D eigenvalue weighted by Crippen LogP contribution is -2.14. The van der Waals surface area contributed by atoms with Crippen molar-refractivity contribution in [3.05, 3.63) is 69.5 Å². The van der Waals surface area contributed by atoms with Crippen LogP contribution in [0, 0.1) is 11.8 Å². The van der Waals surface area contributed by atoms with E-state index in [2.05, 4.69) is 9.97 Å². The van der Waals surface area contributed by atoms with Gasteiger partial charge in [-0.1, -0.05) is 50.0 Å². The summed E-state index contributed by atoms with van der Waals surface area (Å²) in [4.78, 5) is 31.6. The van der Waals surface area contributed by atoms with E-state index in [1.54, 1.807) is 0 Å². The molecule has 0 saturated carbocycles. The number of rotatable bonds is 6. The van der Waals surface area contributed by atoms with E-state index in [9.17, 15) is 9.59 Å². The molecule has 0 radical (unpaired) electrons. The fraction of sp³-hybridized carbons (Fsp3) is 0.250. The van der Waals surface area contributed by atoms with Gasteiger partial charge in [0, 0.05) is 33.1 Å². The number of hydrogen-bond donors (Lipinski definition) is 2. The molecule has 2 N–H and O–H groups in total. The van der Waals surface area contributed by atoms with Crippen LogP contribution in [0.25, 0.3) is 21.8 Å². The third-order valence-electron chi connectivity index (χ3n) is 5.37. The second-order valence-electron chi connectivity index (χ2n) is 8.13. The first-order valence-corrected chi connectivity index (χ1v) is 10.7. The Balaban J connectivity index is 1.59. The highest BCUT2D eigenvalue weighted by atomic mass is 35.5. The highest BCUT2D eigenvalue weighted by molar-refractivity contribution is 6.35. The van der Waals surface area contributed by atoms with Crippen LogP contribution in [-0.2, 0) is 6.42 Å². The first kappa shape index (κ1) is 20.7. The normalized spacial score (nSPS) is 12.7. The van der Waals surface area contributed by atoms with E-state index in [1.165, 1.54) is 0 Å². The van der Waals surface area contributed by atoms with Gasteiger partial charge in [-0.25, -0.2) is 0 Å². The van der Waals surface area contributed by atoms with Crippen molar-refractivity contribution < 1.29 is 9.59 Å². The number of halogens is 2. The minimum Gasteiger partial charge on any atom is -0.352 e. The number of fused-ring (bicyclic) bond motifs is 2. The third-order valence-corrected chi connectivity index (χ3v) is 5.90. The van der Waals surface area contributed by atoms with Gasteiger partial charge in [0.2, 0.25) is 0 Å². The lowest BCUT2D eigenvalue weighted by molar-refractivity contribution is 0.0921. The summed E-state index contributed by atoms with van der Waals surface area (Å²) >= 11 is 12.5. The van der Waals surface area contributed by atoms with Crippen LogP contribution in [0.5, 0.6) is 0 Å². The maximum Gasteiger partial charge on any atom is 0.182 e. The van der Waals surface area contributed by atoms with Crippen molar-refractivity contribution in [3.8, 4) is 0 Å². The molecule has 154 valence electrons. The number of carbonyl (C=O) groups excluding carboxylic acids is 2. The summed E-state index contributed by atoms with van der Waals surface area (Å²) in [5, 5.41) is 3.00. The van der Waals surface area contributed by atoms with Crippen molar-refractivity contribution in [1.82, 2.24) is 9.97 Å². The molecular formula is C24H22Cl2N2O2. The molecule has 1 atom stereocenters. The standard InChI is InChI=1S/C24H22Cl2N2O2/c1-12(2)23(29)20-10-16-7-14(8-18(26)22(16)28-20)6-13(3)24(30)21-9-15-4-5-17(25)11-19(15)27-21/h4-5,7-13,27-28H,6H2,1-3H3. The number of carbonyl (C=O) groups is 2. The van der Waals surface area contributed by atoms with Gasteiger partial charge in [-0.3, -0.25) is 9.59 Å². The average molecular weight is 441 g/mol. The molecule has 4 nitrogen and oxygen atoms in total. The predicted octanol–water partition coefficient (Wildman–Crippen LogP) is 6.86. The van der Waals surface area contributed by atoms with Crippen molar-refractivity contribution >= 4 is 56.6 Å². The van der Waals surface area contributed by atoms with E-state index in [-0.39, 0.29) is 23.4 Å². The molecule has 0 saturated heterocycles. The molecule has 0 aliphatic heterocycles. The predicted molar refractivity (Wildman–Crippen MR) is 123 cm³/mol. The molecule has 4 aromatic rings. The van der Waals surface area contributed by atoms with E-state index < -0.39 is 0 Å². The van der Waals surface area contributed by atoms with Gasteiger partial charge in [0.1, 0.15) is 0 Å². The fourth-order valence-corrected chi connectivity index (χ4v) is 4.23. The summed E-state index contributed by atoms with van der Waals surface area (Å²) in [5.41, 5.74) is 3.67. The van der Waals surface area contributed by atoms with Crippen LogP contribution in [0.15, 0.2) is 42.5 Å². The van der Waals surface area contributed by atoms with Gasteiger partial charge in [-0.15, -0.1) is 0 Å². The summed E-state index contributed by atoms with van der Waals surface area (Å²) in [6, 6.07) is 13.1. The van der Waals surface area contributed by atoms with Gasteiger partial charge in [-0.05, 0) is 48.4 Å². The summed E-state index contributed by atoms with van der Waals surface area (Å²) in [6.07, 6.45) is 0.545. The highest BCUT2D eigenvalue weighted by Crippen LogP contribution is 2.29. The molecule has 2 heterocycles. The molecule has 0 fully saturated rings. The molecule has 0 aliphatic rings. The van der Waals surface area contributed by atoms with Crippen LogP contribution in [0.2, 0.25) is 10.0 Å². The Kier molecular flexibility index (Phi) is 5.48. The molecule has 1 unspecified atom stereocenters. The second-order valence-corrected chi connectivity index (χ2v) is 8.97. The van der Waals surface area contributed by atoms with Crippen molar-refractivity contribution in [3.63, 3.8) is 0 Å². The number of hydrogen-bond acceptors (Lipinski definition) is 2. The monoisotopic (exact) mass is 440 g/mol. The number of aromatic nitrogens is 2. The minimum absolute atomic E-state index is 0.0308. The van der Waals surface area contributed by atoms with Crippen LogP contribution in [-0.4, -0.2) is 21.5 Å². The lowest BCUT2D eigenvalue weighted by atomic mass is 9.94. The Hall–Kier alpha value is -2.56. The van der Waals surface area contributed by atoms with E-state index in [0.717, 1.165) is 27.4 Å². The van der Waals surface area contributed by atoms with Gasteiger partial charge >= 0.3 is 0 Å². The van der Waals surface area contributed by atoms with Crippen LogP contribution < -0.4 is 0 Å². The molecule has 0 aliphatic carbocycles. The van der Waals surface area contributed by atoms with Gasteiger partial charge in [-0.2, -0.15) is 0 Å². The maximum atomic E-state index is 13.0. The zero-order chi connectivity index (χ0) is 21.6. The van der Waals surface area contributed by atoms with E-state index in [4.69, 9.17) is 23.2 Å². The first-order chi connectivity index (χ1) is 14.2. The Morgan fingerprint density at radius 1 is 0.867 bits per heavy atom. The highest BCUT2D eigenvalue weighted by Gasteiger charge is 2.20. The molecule has 30 heavy (non-hydrogen) atoms. The van der Waals surface area contributed by atoms with E-state index in [1.807, 2.05) is 63.2 Å². The number of Topliss-reactive ketones (excluding diaryl/α,β-unsaturated/α-hetero) is 2. The van der Waals surface area contributed by atoms with Crippen LogP contribution in [0.3, 0.4) is 0 Å². The molecule has 0 bridgehead atoms. The van der Waals surface area contributed by atoms with Gasteiger partial charge < -0.3 is 9.97 Å². The van der Waals surface area contributed by atoms with Crippen LogP contribution in [0.1, 0.15) is 47.3 Å². The Morgan fingerprint density at radius 2 is 1.57 bits per heavy atom. The SMILES string of the molecule is CC(C)C(=O)c1cc2cc(CC(C)C(=O)c3cc4ccc(Cl)cc4[nH]3)cc(Cl)c2[nH]1. The minimum atomic E-state index is -0.238. The second kappa shape index (κ2) is 7.93. The molecule has 0 spiro atoms. The van der Waals surface area contributed by atoms with Crippen molar-refractivity contribution in [2.24, 2.45) is 11.8 Å². The summed E-state index contributed by atoms with van der Waals surface area (Å²) in [7, 11) is 0. The molecule has 2 aromatic heterocycles. The Labute approximate surface area is 184 Å². The van der Waals surface area contributed by atoms with Crippen LogP contribution in [0.4, 0.5) is 0 Å². The average Bonchev–Trinajstić information content (AvgIpc) is 3.30. The maximum absolute atomic E-state index is 13.0. The zero-order valence-electron chi connectivity index (χ0n) is 17.0. The first-order valence-electron chi connectivity index (χ1n) is 9.90. The molecule has 0 amide bonds. The third kappa shape index (κ3) is 3.90. The van der Waals surface area contributed by atoms with Gasteiger partial charge in [0.15, 0.2) is 11.6 Å². The van der Waals surface area contributed by atoms with Crippen molar-refractivity contribution in [2.75, 3.05) is 0 Å². The number of nitrogens with one attached hydrogen (secondary N) is 2. The van der Waals surface area contributed by atoms with E-state index >= 15 is 0 Å².